The van der Waals surface area contributed by atoms with Crippen molar-refractivity contribution < 1.29 is 24.2 Å². The summed E-state index contributed by atoms with van der Waals surface area (Å²) in [7, 11) is -1.10. The van der Waals surface area contributed by atoms with Crippen molar-refractivity contribution in [3.05, 3.63) is 0 Å². The predicted octanol–water partition coefficient (Wildman–Crippen LogP) is 1.57. The first-order chi connectivity index (χ1) is 8.26. The lowest BCUT2D eigenvalue weighted by atomic mass is 10.2. The topological polar surface area (TPSA) is 72.8 Å². The van der Waals surface area contributed by atoms with E-state index in [1.54, 1.807) is 6.92 Å². The van der Waals surface area contributed by atoms with Crippen molar-refractivity contribution in [1.82, 2.24) is 0 Å². The summed E-state index contributed by atoms with van der Waals surface area (Å²) >= 11 is 0. The largest absolute Gasteiger partial charge is 0.466 e. The first-order valence-electron chi connectivity index (χ1n) is 6.26. The lowest BCUT2D eigenvalue weighted by Gasteiger charge is -2.15. The van der Waals surface area contributed by atoms with E-state index in [-0.39, 0.29) is 13.0 Å². The molecule has 1 N–H and O–H groups in total. The second-order valence-electron chi connectivity index (χ2n) is 5.36. The number of aliphatic hydroxyl groups excluding tert-OH is 1. The number of carbonyl (C=O) groups excluding carboxylic acids is 2. The van der Waals surface area contributed by atoms with Crippen LogP contribution in [0.3, 0.4) is 0 Å². The van der Waals surface area contributed by atoms with Crippen molar-refractivity contribution in [2.24, 2.45) is 0 Å². The molecule has 0 aliphatic carbocycles. The molecule has 0 fully saturated rings. The van der Waals surface area contributed by atoms with Crippen LogP contribution in [0.1, 0.15) is 19.8 Å². The molecule has 0 radical (unpaired) electrons. The molecule has 1 unspecified atom stereocenters. The molecule has 5 nitrogen and oxygen atoms in total. The molecule has 0 spiro atoms. The summed E-state index contributed by atoms with van der Waals surface area (Å²) in [6.07, 6.45) is -0.933. The first-order valence-corrected chi connectivity index (χ1v) is 9.97. The summed E-state index contributed by atoms with van der Waals surface area (Å²) < 4.78 is 9.54. The minimum atomic E-state index is -1.42. The number of ether oxygens (including phenoxy) is 2. The Hall–Kier alpha value is -0.883. The van der Waals surface area contributed by atoms with Crippen LogP contribution in [0.25, 0.3) is 0 Å². The van der Waals surface area contributed by atoms with Crippen LogP contribution in [0.5, 0.6) is 0 Å². The number of hydrogen-bond acceptors (Lipinski definition) is 5. The third kappa shape index (κ3) is 9.18. The van der Waals surface area contributed by atoms with Crippen LogP contribution in [-0.2, 0) is 19.1 Å². The maximum absolute atomic E-state index is 11.3. The fourth-order valence-electron chi connectivity index (χ4n) is 1.33. The summed E-state index contributed by atoms with van der Waals surface area (Å²) in [6.45, 7) is 8.91. The predicted molar refractivity (Wildman–Crippen MR) is 71.0 cm³/mol. The SMILES string of the molecule is CCOC(=O)C(O)CC(=O)OCCC[Si](C)(C)C. The first kappa shape index (κ1) is 17.1. The number of hydrogen-bond donors (Lipinski definition) is 1. The fraction of sp³-hybridized carbons (Fsp3) is 0.833. The van der Waals surface area contributed by atoms with Crippen LogP contribution in [-0.4, -0.2) is 44.4 Å². The van der Waals surface area contributed by atoms with E-state index in [9.17, 15) is 14.7 Å². The molecule has 6 heteroatoms. The third-order valence-electron chi connectivity index (χ3n) is 2.25. The van der Waals surface area contributed by atoms with Crippen molar-refractivity contribution in [2.45, 2.75) is 51.6 Å². The van der Waals surface area contributed by atoms with Gasteiger partial charge in [0.05, 0.1) is 19.6 Å². The maximum Gasteiger partial charge on any atom is 0.335 e. The van der Waals surface area contributed by atoms with Crippen molar-refractivity contribution in [1.29, 1.82) is 0 Å². The highest BCUT2D eigenvalue weighted by Crippen LogP contribution is 2.11. The van der Waals surface area contributed by atoms with Gasteiger partial charge in [-0.1, -0.05) is 25.7 Å². The zero-order valence-electron chi connectivity index (χ0n) is 11.7. The number of carbonyl (C=O) groups is 2. The maximum atomic E-state index is 11.3. The molecule has 0 aromatic heterocycles. The van der Waals surface area contributed by atoms with E-state index in [1.807, 2.05) is 0 Å². The Bertz CT molecular complexity index is 272. The van der Waals surface area contributed by atoms with Gasteiger partial charge in [-0.3, -0.25) is 4.79 Å². The monoisotopic (exact) mass is 276 g/mol. The van der Waals surface area contributed by atoms with Crippen molar-refractivity contribution in [3.8, 4) is 0 Å². The van der Waals surface area contributed by atoms with Gasteiger partial charge in [-0.2, -0.15) is 0 Å². The van der Waals surface area contributed by atoms with E-state index >= 15 is 0 Å². The molecule has 0 bridgehead atoms. The summed E-state index contributed by atoms with van der Waals surface area (Å²) in [5.74, 6) is -1.34. The molecular formula is C12H24O5Si. The molecule has 0 saturated heterocycles. The van der Waals surface area contributed by atoms with Gasteiger partial charge in [0.2, 0.25) is 0 Å². The van der Waals surface area contributed by atoms with E-state index in [2.05, 4.69) is 24.4 Å². The summed E-state index contributed by atoms with van der Waals surface area (Å²) in [5.41, 5.74) is 0. The summed E-state index contributed by atoms with van der Waals surface area (Å²) in [4.78, 5) is 22.4. The molecule has 106 valence electrons. The fourth-order valence-corrected chi connectivity index (χ4v) is 2.53. The molecule has 0 heterocycles. The van der Waals surface area contributed by atoms with Crippen molar-refractivity contribution >= 4 is 20.0 Å². The van der Waals surface area contributed by atoms with E-state index in [1.165, 1.54) is 0 Å². The highest BCUT2D eigenvalue weighted by atomic mass is 28.3. The minimum absolute atomic E-state index is 0.182. The van der Waals surface area contributed by atoms with Crippen molar-refractivity contribution in [2.75, 3.05) is 13.2 Å². The van der Waals surface area contributed by atoms with E-state index < -0.39 is 26.1 Å². The number of esters is 2. The van der Waals surface area contributed by atoms with Gasteiger partial charge < -0.3 is 14.6 Å². The van der Waals surface area contributed by atoms with Gasteiger partial charge in [0.1, 0.15) is 0 Å². The van der Waals surface area contributed by atoms with Crippen molar-refractivity contribution in [3.63, 3.8) is 0 Å². The average molecular weight is 276 g/mol. The Morgan fingerprint density at radius 2 is 1.83 bits per heavy atom. The Morgan fingerprint density at radius 3 is 2.33 bits per heavy atom. The lowest BCUT2D eigenvalue weighted by molar-refractivity contribution is -0.159. The lowest BCUT2D eigenvalue weighted by Crippen LogP contribution is -2.27. The smallest absolute Gasteiger partial charge is 0.335 e. The molecule has 0 amide bonds. The molecule has 0 aliphatic heterocycles. The minimum Gasteiger partial charge on any atom is -0.466 e. The molecule has 0 aromatic carbocycles. The number of aliphatic hydroxyl groups is 1. The van der Waals surface area contributed by atoms with Gasteiger partial charge in [0.15, 0.2) is 6.10 Å². The molecule has 0 aromatic rings. The second-order valence-corrected chi connectivity index (χ2v) is 11.0. The van der Waals surface area contributed by atoms with E-state index in [4.69, 9.17) is 4.74 Å². The molecular weight excluding hydrogens is 252 g/mol. The van der Waals surface area contributed by atoms with Gasteiger partial charge in [0, 0.05) is 8.07 Å². The zero-order valence-corrected chi connectivity index (χ0v) is 12.7. The Labute approximate surface area is 109 Å². The van der Waals surface area contributed by atoms with Crippen LogP contribution in [0.15, 0.2) is 0 Å². The average Bonchev–Trinajstić information content (AvgIpc) is 2.23. The third-order valence-corrected chi connectivity index (χ3v) is 4.11. The van der Waals surface area contributed by atoms with Crippen LogP contribution in [0.2, 0.25) is 25.7 Å². The quantitative estimate of drug-likeness (QED) is 0.414. The second kappa shape index (κ2) is 8.26. The molecule has 18 heavy (non-hydrogen) atoms. The summed E-state index contributed by atoms with van der Waals surface area (Å²) in [5, 5.41) is 9.34. The van der Waals surface area contributed by atoms with E-state index in [0.29, 0.717) is 6.61 Å². The Balaban J connectivity index is 3.74. The van der Waals surface area contributed by atoms with Gasteiger partial charge in [0.25, 0.3) is 0 Å². The highest BCUT2D eigenvalue weighted by molar-refractivity contribution is 6.76. The van der Waals surface area contributed by atoms with Crippen LogP contribution in [0, 0.1) is 0 Å². The Morgan fingerprint density at radius 1 is 1.22 bits per heavy atom. The zero-order chi connectivity index (χ0) is 14.2. The van der Waals surface area contributed by atoms with Crippen LogP contribution in [0.4, 0.5) is 0 Å². The van der Waals surface area contributed by atoms with Crippen LogP contribution < -0.4 is 0 Å². The van der Waals surface area contributed by atoms with Gasteiger partial charge >= 0.3 is 11.9 Å². The number of rotatable bonds is 8. The van der Waals surface area contributed by atoms with Gasteiger partial charge in [-0.05, 0) is 13.3 Å². The normalized spacial score (nSPS) is 12.9. The van der Waals surface area contributed by atoms with Crippen LogP contribution >= 0.6 is 0 Å². The highest BCUT2D eigenvalue weighted by Gasteiger charge is 2.21. The summed E-state index contributed by atoms with van der Waals surface area (Å²) in [6, 6.07) is 1.08. The van der Waals surface area contributed by atoms with Gasteiger partial charge in [-0.25, -0.2) is 4.79 Å². The Kier molecular flexibility index (Phi) is 7.85. The molecule has 0 aliphatic rings. The molecule has 0 rings (SSSR count). The van der Waals surface area contributed by atoms with E-state index in [0.717, 1.165) is 12.5 Å². The molecule has 1 atom stereocenters. The molecule has 0 saturated carbocycles. The van der Waals surface area contributed by atoms with Gasteiger partial charge in [-0.15, -0.1) is 0 Å². The standard InChI is InChI=1S/C12H24O5Si/c1-5-16-12(15)10(13)9-11(14)17-7-6-8-18(2,3)4/h10,13H,5-9H2,1-4H3.